The molecule has 124 valence electrons. The van der Waals surface area contributed by atoms with Gasteiger partial charge in [-0.05, 0) is 24.8 Å². The van der Waals surface area contributed by atoms with Gasteiger partial charge in [-0.1, -0.05) is 31.0 Å². The molecule has 2 aromatic heterocycles. The van der Waals surface area contributed by atoms with Crippen molar-refractivity contribution in [3.05, 3.63) is 33.9 Å². The molecule has 0 radical (unpaired) electrons. The molecule has 0 aliphatic heterocycles. The fourth-order valence-corrected chi connectivity index (χ4v) is 4.08. The Hall–Kier alpha value is -1.71. The van der Waals surface area contributed by atoms with Crippen LogP contribution in [0, 0.1) is 6.92 Å². The van der Waals surface area contributed by atoms with E-state index in [4.69, 9.17) is 11.6 Å². The number of rotatable bonds is 5. The Morgan fingerprint density at radius 3 is 2.70 bits per heavy atom. The molecule has 7 nitrogen and oxygen atoms in total. The second-order valence-corrected chi connectivity index (χ2v) is 7.86. The Morgan fingerprint density at radius 1 is 1.39 bits per heavy atom. The van der Waals surface area contributed by atoms with Crippen LogP contribution < -0.4 is 10.0 Å². The van der Waals surface area contributed by atoms with Gasteiger partial charge in [0.15, 0.2) is 0 Å². The first-order valence-corrected chi connectivity index (χ1v) is 9.48. The molecular weight excluding hydrogens is 360 g/mol. The third-order valence-corrected chi connectivity index (χ3v) is 5.92. The Balaban J connectivity index is 2.12. The topological polar surface area (TPSA) is 101 Å². The summed E-state index contributed by atoms with van der Waals surface area (Å²) in [5.74, 6) is -0.0498. The number of anilines is 1. The van der Waals surface area contributed by atoms with Gasteiger partial charge < -0.3 is 0 Å². The molecule has 2 N–H and O–H groups in total. The van der Waals surface area contributed by atoms with Crippen LogP contribution in [0.25, 0.3) is 0 Å². The van der Waals surface area contributed by atoms with Gasteiger partial charge >= 0.3 is 6.03 Å². The maximum absolute atomic E-state index is 11.9. The lowest BCUT2D eigenvalue weighted by Crippen LogP contribution is -2.34. The first kappa shape index (κ1) is 17.6. The Kier molecular flexibility index (Phi) is 5.55. The van der Waals surface area contributed by atoms with Crippen molar-refractivity contribution in [3.63, 3.8) is 0 Å². The van der Waals surface area contributed by atoms with Gasteiger partial charge in [0, 0.05) is 11.3 Å². The van der Waals surface area contributed by atoms with Gasteiger partial charge in [-0.15, -0.1) is 11.3 Å². The summed E-state index contributed by atoms with van der Waals surface area (Å²) < 4.78 is 25.8. The van der Waals surface area contributed by atoms with Gasteiger partial charge in [0.2, 0.25) is 5.95 Å². The second kappa shape index (κ2) is 7.24. The van der Waals surface area contributed by atoms with Gasteiger partial charge in [-0.2, -0.15) is 0 Å². The number of amides is 2. The summed E-state index contributed by atoms with van der Waals surface area (Å²) in [6.45, 7) is 3.76. The molecule has 2 amide bonds. The highest BCUT2D eigenvalue weighted by molar-refractivity contribution is 7.92. The van der Waals surface area contributed by atoms with Gasteiger partial charge in [0.25, 0.3) is 10.0 Å². The molecule has 0 aliphatic rings. The fraction of sp³-hybridized carbons (Fsp3) is 0.308. The van der Waals surface area contributed by atoms with E-state index < -0.39 is 16.1 Å². The number of carbonyl (C=O) groups is 1. The number of nitrogens with one attached hydrogen (secondary N) is 2. The quantitative estimate of drug-likeness (QED) is 0.783. The number of hydrogen-bond donors (Lipinski definition) is 2. The molecular formula is C13H15ClN4O3S2. The third-order valence-electron chi connectivity index (χ3n) is 2.88. The van der Waals surface area contributed by atoms with Crippen LogP contribution in [0.15, 0.2) is 21.7 Å². The zero-order valence-corrected chi connectivity index (χ0v) is 14.8. The molecule has 0 spiro atoms. The average Bonchev–Trinajstić information content (AvgIpc) is 2.97. The van der Waals surface area contributed by atoms with Gasteiger partial charge in [-0.25, -0.2) is 27.9 Å². The summed E-state index contributed by atoms with van der Waals surface area (Å²) in [4.78, 5) is 19.9. The first-order chi connectivity index (χ1) is 10.8. The van der Waals surface area contributed by atoms with Crippen molar-refractivity contribution in [2.75, 3.05) is 5.32 Å². The predicted octanol–water partition coefficient (Wildman–Crippen LogP) is 2.96. The SMILES string of the molecule is CCCc1c(C)nc(NC(=O)NS(=O)(=O)c2cccs2)nc1Cl. The smallest absolute Gasteiger partial charge is 0.275 e. The number of thiophene rings is 1. The van der Waals surface area contributed by atoms with Gasteiger partial charge in [0.1, 0.15) is 9.36 Å². The lowest BCUT2D eigenvalue weighted by molar-refractivity contribution is 0.256. The number of hydrogen-bond acceptors (Lipinski definition) is 6. The molecule has 0 aliphatic carbocycles. The molecule has 23 heavy (non-hydrogen) atoms. The molecule has 2 heterocycles. The van der Waals surface area contributed by atoms with Crippen LogP contribution in [-0.2, 0) is 16.4 Å². The van der Waals surface area contributed by atoms with Crippen LogP contribution in [0.5, 0.6) is 0 Å². The number of sulfonamides is 1. The number of halogens is 1. The van der Waals surface area contributed by atoms with Crippen molar-refractivity contribution in [2.24, 2.45) is 0 Å². The van der Waals surface area contributed by atoms with Gasteiger partial charge in [-0.3, -0.25) is 5.32 Å². The summed E-state index contributed by atoms with van der Waals surface area (Å²) in [5.41, 5.74) is 1.45. The van der Waals surface area contributed by atoms with Gasteiger partial charge in [0.05, 0.1) is 0 Å². The normalized spacial score (nSPS) is 11.3. The number of carbonyl (C=O) groups excluding carboxylic acids is 1. The van der Waals surface area contributed by atoms with E-state index in [0.717, 1.165) is 29.7 Å². The van der Waals surface area contributed by atoms with Crippen LogP contribution in [0.4, 0.5) is 10.7 Å². The monoisotopic (exact) mass is 374 g/mol. The molecule has 0 atom stereocenters. The zero-order chi connectivity index (χ0) is 17.0. The van der Waals surface area contributed by atoms with Crippen molar-refractivity contribution in [3.8, 4) is 0 Å². The van der Waals surface area contributed by atoms with Crippen LogP contribution in [-0.4, -0.2) is 24.4 Å². The van der Waals surface area contributed by atoms with E-state index in [0.29, 0.717) is 5.69 Å². The molecule has 0 bridgehead atoms. The maximum atomic E-state index is 11.9. The van der Waals surface area contributed by atoms with Crippen molar-refractivity contribution < 1.29 is 13.2 Å². The zero-order valence-electron chi connectivity index (χ0n) is 12.5. The molecule has 0 saturated carbocycles. The fourth-order valence-electron chi connectivity index (χ4n) is 1.87. The standard InChI is InChI=1S/C13H15ClN4O3S2/c1-3-5-9-8(2)15-12(16-11(9)14)17-13(19)18-23(20,21)10-6-4-7-22-10/h4,6-7H,3,5H2,1-2H3,(H2,15,16,17,18,19). The van der Waals surface area contributed by atoms with E-state index in [1.54, 1.807) is 18.4 Å². The van der Waals surface area contributed by atoms with Crippen LogP contribution in [0.1, 0.15) is 24.6 Å². The number of nitrogens with zero attached hydrogens (tertiary/aromatic N) is 2. The lowest BCUT2D eigenvalue weighted by Gasteiger charge is -2.10. The molecule has 2 aromatic rings. The molecule has 0 aromatic carbocycles. The first-order valence-electron chi connectivity index (χ1n) is 6.73. The van der Waals surface area contributed by atoms with E-state index in [2.05, 4.69) is 15.3 Å². The molecule has 10 heteroatoms. The van der Waals surface area contributed by atoms with Crippen LogP contribution in [0.2, 0.25) is 5.15 Å². The Morgan fingerprint density at radius 2 is 2.13 bits per heavy atom. The Labute approximate surface area is 143 Å². The minimum atomic E-state index is -3.91. The Bertz CT molecular complexity index is 784. The summed E-state index contributed by atoms with van der Waals surface area (Å²) in [7, 11) is -3.91. The highest BCUT2D eigenvalue weighted by atomic mass is 35.5. The largest absolute Gasteiger partial charge is 0.335 e. The molecule has 2 rings (SSSR count). The minimum absolute atomic E-state index is 0.0427. The average molecular weight is 375 g/mol. The van der Waals surface area contributed by atoms with Crippen molar-refractivity contribution in [2.45, 2.75) is 30.9 Å². The molecule has 0 fully saturated rings. The molecule has 0 unspecified atom stereocenters. The van der Waals surface area contributed by atoms with E-state index in [1.165, 1.54) is 6.07 Å². The summed E-state index contributed by atoms with van der Waals surface area (Å²) in [6.07, 6.45) is 1.61. The van der Waals surface area contributed by atoms with Crippen LogP contribution in [0.3, 0.4) is 0 Å². The van der Waals surface area contributed by atoms with E-state index in [9.17, 15) is 13.2 Å². The van der Waals surface area contributed by atoms with E-state index in [1.807, 2.05) is 11.6 Å². The summed E-state index contributed by atoms with van der Waals surface area (Å²) >= 11 is 7.08. The van der Waals surface area contributed by atoms with Crippen LogP contribution >= 0.6 is 22.9 Å². The summed E-state index contributed by atoms with van der Waals surface area (Å²) in [6, 6.07) is 2.03. The minimum Gasteiger partial charge on any atom is -0.275 e. The number of aryl methyl sites for hydroxylation is 1. The predicted molar refractivity (Wildman–Crippen MR) is 89.4 cm³/mol. The van der Waals surface area contributed by atoms with E-state index in [-0.39, 0.29) is 15.3 Å². The van der Waals surface area contributed by atoms with Crippen molar-refractivity contribution in [1.29, 1.82) is 0 Å². The maximum Gasteiger partial charge on any atom is 0.335 e. The van der Waals surface area contributed by atoms with Crippen molar-refractivity contribution in [1.82, 2.24) is 14.7 Å². The molecule has 0 saturated heterocycles. The van der Waals surface area contributed by atoms with E-state index >= 15 is 0 Å². The summed E-state index contributed by atoms with van der Waals surface area (Å²) in [5, 5.41) is 4.13. The highest BCUT2D eigenvalue weighted by Gasteiger charge is 2.19. The lowest BCUT2D eigenvalue weighted by atomic mass is 10.1. The second-order valence-electron chi connectivity index (χ2n) is 4.64. The highest BCUT2D eigenvalue weighted by Crippen LogP contribution is 2.20. The van der Waals surface area contributed by atoms with Crippen molar-refractivity contribution >= 4 is 44.9 Å². The third kappa shape index (κ3) is 4.40. The number of aromatic nitrogens is 2. The number of urea groups is 1.